The molecule has 0 spiro atoms. The van der Waals surface area contributed by atoms with Crippen LogP contribution in [0.2, 0.25) is 0 Å². The third kappa shape index (κ3) is 3.22. The van der Waals surface area contributed by atoms with Gasteiger partial charge in [-0.05, 0) is 42.5 Å². The Labute approximate surface area is 109 Å². The van der Waals surface area contributed by atoms with Crippen LogP contribution in [-0.4, -0.2) is 25.0 Å². The summed E-state index contributed by atoms with van der Waals surface area (Å²) < 4.78 is 10.3. The Morgan fingerprint density at radius 1 is 1.35 bits per heavy atom. The summed E-state index contributed by atoms with van der Waals surface area (Å²) in [6.07, 6.45) is 1.15. The molecule has 17 heavy (non-hydrogen) atoms. The van der Waals surface area contributed by atoms with Crippen molar-refractivity contribution in [1.29, 1.82) is 0 Å². The summed E-state index contributed by atoms with van der Waals surface area (Å²) in [6, 6.07) is 6.95. The van der Waals surface area contributed by atoms with E-state index in [0.717, 1.165) is 17.5 Å². The second kappa shape index (κ2) is 5.54. The molecular formula is C13H15BrO3. The average Bonchev–Trinajstić information content (AvgIpc) is 3.14. The van der Waals surface area contributed by atoms with Crippen LogP contribution in [0.5, 0.6) is 5.75 Å². The number of carbonyl (C=O) groups is 1. The monoisotopic (exact) mass is 298 g/mol. The maximum Gasteiger partial charge on any atom is 0.338 e. The first-order chi connectivity index (χ1) is 8.24. The summed E-state index contributed by atoms with van der Waals surface area (Å²) >= 11 is 3.43. The Bertz CT molecular complexity index is 388. The number of carbonyl (C=O) groups excluding carboxylic acids is 1. The number of halogens is 1. The number of benzene rings is 1. The fourth-order valence-electron chi connectivity index (χ4n) is 1.70. The lowest BCUT2D eigenvalue weighted by atomic mass is 10.2. The summed E-state index contributed by atoms with van der Waals surface area (Å²) in [5.74, 6) is 1.70. The van der Waals surface area contributed by atoms with Crippen LogP contribution in [-0.2, 0) is 4.74 Å². The molecule has 1 fully saturated rings. The van der Waals surface area contributed by atoms with Gasteiger partial charge in [0.25, 0.3) is 0 Å². The van der Waals surface area contributed by atoms with Crippen molar-refractivity contribution < 1.29 is 14.3 Å². The van der Waals surface area contributed by atoms with Crippen LogP contribution in [0.4, 0.5) is 0 Å². The lowest BCUT2D eigenvalue weighted by Gasteiger charge is -2.05. The molecule has 0 N–H and O–H groups in total. The van der Waals surface area contributed by atoms with Crippen molar-refractivity contribution >= 4 is 21.9 Å². The van der Waals surface area contributed by atoms with Gasteiger partial charge in [-0.25, -0.2) is 4.79 Å². The normalized spacial score (nSPS) is 22.0. The van der Waals surface area contributed by atoms with Gasteiger partial charge in [0.1, 0.15) is 5.75 Å². The van der Waals surface area contributed by atoms with Crippen molar-refractivity contribution in [2.24, 2.45) is 11.8 Å². The Morgan fingerprint density at radius 3 is 2.59 bits per heavy atom. The number of alkyl halides is 1. The van der Waals surface area contributed by atoms with Crippen molar-refractivity contribution in [3.05, 3.63) is 29.8 Å². The first-order valence-corrected chi connectivity index (χ1v) is 6.74. The molecule has 0 radical (unpaired) electrons. The summed E-state index contributed by atoms with van der Waals surface area (Å²) in [6.45, 7) is 0.529. The van der Waals surface area contributed by atoms with Crippen LogP contribution in [0.25, 0.3) is 0 Å². The van der Waals surface area contributed by atoms with Crippen LogP contribution >= 0.6 is 15.9 Å². The summed E-state index contributed by atoms with van der Waals surface area (Å²) in [5, 5.41) is 0.998. The molecule has 1 aliphatic carbocycles. The molecule has 4 heteroatoms. The number of ether oxygens (including phenoxy) is 2. The minimum absolute atomic E-state index is 0.257. The van der Waals surface area contributed by atoms with E-state index >= 15 is 0 Å². The second-order valence-corrected chi connectivity index (χ2v) is 4.88. The highest BCUT2D eigenvalue weighted by Crippen LogP contribution is 2.39. The van der Waals surface area contributed by atoms with Crippen molar-refractivity contribution in [3.63, 3.8) is 0 Å². The lowest BCUT2D eigenvalue weighted by molar-refractivity contribution is 0.0481. The molecule has 0 heterocycles. The number of hydrogen-bond donors (Lipinski definition) is 0. The zero-order valence-electron chi connectivity index (χ0n) is 9.69. The van der Waals surface area contributed by atoms with E-state index in [1.807, 2.05) is 0 Å². The van der Waals surface area contributed by atoms with E-state index in [9.17, 15) is 4.79 Å². The van der Waals surface area contributed by atoms with E-state index in [1.165, 1.54) is 0 Å². The molecule has 0 aromatic heterocycles. The Balaban J connectivity index is 1.82. The van der Waals surface area contributed by atoms with Gasteiger partial charge in [-0.1, -0.05) is 15.9 Å². The Morgan fingerprint density at radius 2 is 2.06 bits per heavy atom. The van der Waals surface area contributed by atoms with E-state index in [-0.39, 0.29) is 5.97 Å². The maximum atomic E-state index is 11.7. The standard InChI is InChI=1S/C13H15BrO3/c1-16-12-4-2-9(3-5-12)13(15)17-8-11-6-10(11)7-14/h2-5,10-11H,6-8H2,1H3. The second-order valence-electron chi connectivity index (χ2n) is 4.24. The van der Waals surface area contributed by atoms with E-state index in [4.69, 9.17) is 9.47 Å². The molecule has 92 valence electrons. The number of esters is 1. The van der Waals surface area contributed by atoms with Crippen molar-refractivity contribution in [1.82, 2.24) is 0 Å². The highest BCUT2D eigenvalue weighted by molar-refractivity contribution is 9.09. The molecule has 2 rings (SSSR count). The summed E-state index contributed by atoms with van der Waals surface area (Å²) in [5.41, 5.74) is 0.571. The van der Waals surface area contributed by atoms with Crippen LogP contribution in [0.3, 0.4) is 0 Å². The van der Waals surface area contributed by atoms with Gasteiger partial charge in [-0.3, -0.25) is 0 Å². The van der Waals surface area contributed by atoms with E-state index < -0.39 is 0 Å². The highest BCUT2D eigenvalue weighted by atomic mass is 79.9. The van der Waals surface area contributed by atoms with Crippen molar-refractivity contribution in [2.45, 2.75) is 6.42 Å². The lowest BCUT2D eigenvalue weighted by Crippen LogP contribution is -2.08. The molecule has 2 unspecified atom stereocenters. The topological polar surface area (TPSA) is 35.5 Å². The van der Waals surface area contributed by atoms with E-state index in [1.54, 1.807) is 31.4 Å². The molecule has 1 saturated carbocycles. The number of hydrogen-bond acceptors (Lipinski definition) is 3. The highest BCUT2D eigenvalue weighted by Gasteiger charge is 2.36. The van der Waals surface area contributed by atoms with Crippen LogP contribution < -0.4 is 4.74 Å². The van der Waals surface area contributed by atoms with Gasteiger partial charge < -0.3 is 9.47 Å². The number of rotatable bonds is 5. The molecule has 0 bridgehead atoms. The predicted molar refractivity (Wildman–Crippen MR) is 68.7 cm³/mol. The fourth-order valence-corrected chi connectivity index (χ4v) is 2.49. The molecule has 0 saturated heterocycles. The first-order valence-electron chi connectivity index (χ1n) is 5.61. The molecule has 0 aliphatic heterocycles. The Hall–Kier alpha value is -1.03. The third-order valence-electron chi connectivity index (χ3n) is 3.02. The predicted octanol–water partition coefficient (Wildman–Crippen LogP) is 2.88. The zero-order chi connectivity index (χ0) is 12.3. The van der Waals surface area contributed by atoms with Crippen molar-refractivity contribution in [3.8, 4) is 5.75 Å². The number of methoxy groups -OCH3 is 1. The quantitative estimate of drug-likeness (QED) is 0.619. The molecular weight excluding hydrogens is 284 g/mol. The van der Waals surface area contributed by atoms with Gasteiger partial charge in [-0.2, -0.15) is 0 Å². The van der Waals surface area contributed by atoms with Crippen molar-refractivity contribution in [2.75, 3.05) is 19.0 Å². The molecule has 2 atom stereocenters. The molecule has 1 aromatic carbocycles. The fraction of sp³-hybridized carbons (Fsp3) is 0.462. The van der Waals surface area contributed by atoms with E-state index in [0.29, 0.717) is 24.0 Å². The molecule has 1 aliphatic rings. The zero-order valence-corrected chi connectivity index (χ0v) is 11.3. The minimum atomic E-state index is -0.257. The van der Waals surface area contributed by atoms with E-state index in [2.05, 4.69) is 15.9 Å². The minimum Gasteiger partial charge on any atom is -0.497 e. The first kappa shape index (κ1) is 12.4. The third-order valence-corrected chi connectivity index (χ3v) is 3.85. The van der Waals surface area contributed by atoms with Crippen LogP contribution in [0.15, 0.2) is 24.3 Å². The molecule has 0 amide bonds. The van der Waals surface area contributed by atoms with Gasteiger partial charge in [0.05, 0.1) is 19.3 Å². The van der Waals surface area contributed by atoms with Crippen LogP contribution in [0.1, 0.15) is 16.8 Å². The van der Waals surface area contributed by atoms with Gasteiger partial charge >= 0.3 is 5.97 Å². The SMILES string of the molecule is COc1ccc(C(=O)OCC2CC2CBr)cc1. The largest absolute Gasteiger partial charge is 0.497 e. The van der Waals surface area contributed by atoms with Gasteiger partial charge in [0.15, 0.2) is 0 Å². The van der Waals surface area contributed by atoms with Gasteiger partial charge in [0.2, 0.25) is 0 Å². The Kier molecular flexibility index (Phi) is 4.05. The summed E-state index contributed by atoms with van der Waals surface area (Å²) in [7, 11) is 1.60. The van der Waals surface area contributed by atoms with Gasteiger partial charge in [-0.15, -0.1) is 0 Å². The average molecular weight is 299 g/mol. The van der Waals surface area contributed by atoms with Crippen LogP contribution in [0, 0.1) is 11.8 Å². The smallest absolute Gasteiger partial charge is 0.338 e. The summed E-state index contributed by atoms with van der Waals surface area (Å²) in [4.78, 5) is 11.7. The van der Waals surface area contributed by atoms with Gasteiger partial charge in [0, 0.05) is 5.33 Å². The maximum absolute atomic E-state index is 11.7. The molecule has 1 aromatic rings. The molecule has 3 nitrogen and oxygen atoms in total.